The smallest absolute Gasteiger partial charge is 0.143 e. The van der Waals surface area contributed by atoms with E-state index in [2.05, 4.69) is 109 Å². The number of hydrogen-bond donors (Lipinski definition) is 0. The minimum Gasteiger partial charge on any atom is -0.455 e. The van der Waals surface area contributed by atoms with Gasteiger partial charge >= 0.3 is 0 Å². The van der Waals surface area contributed by atoms with Gasteiger partial charge in [-0.15, -0.1) is 11.3 Å². The second kappa shape index (κ2) is 8.58. The molecule has 0 unspecified atom stereocenters. The van der Waals surface area contributed by atoms with E-state index in [0.717, 1.165) is 45.9 Å². The lowest BCUT2D eigenvalue weighted by Crippen LogP contribution is -1.86. The number of aryl methyl sites for hydroxylation is 1. The first-order valence-corrected chi connectivity index (χ1v) is 14.0. The fourth-order valence-corrected chi connectivity index (χ4v) is 7.20. The van der Waals surface area contributed by atoms with Gasteiger partial charge in [0.15, 0.2) is 0 Å². The highest BCUT2D eigenvalue weighted by Crippen LogP contribution is 2.41. The van der Waals surface area contributed by atoms with E-state index in [0.29, 0.717) is 0 Å². The van der Waals surface area contributed by atoms with Crippen LogP contribution in [0.4, 0.5) is 0 Å². The monoisotopic (exact) mass is 504 g/mol. The Hall–Kier alpha value is -4.40. The topological polar surface area (TPSA) is 13.1 Å². The first-order chi connectivity index (χ1) is 18.8. The third-order valence-corrected chi connectivity index (χ3v) is 9.10. The minimum absolute atomic E-state index is 0.932. The van der Waals surface area contributed by atoms with Gasteiger partial charge in [-0.05, 0) is 52.3 Å². The number of furan rings is 1. The molecule has 38 heavy (non-hydrogen) atoms. The Morgan fingerprint density at radius 3 is 1.97 bits per heavy atom. The van der Waals surface area contributed by atoms with E-state index < -0.39 is 0 Å². The van der Waals surface area contributed by atoms with E-state index in [9.17, 15) is 0 Å². The van der Waals surface area contributed by atoms with Crippen molar-refractivity contribution in [1.82, 2.24) is 0 Å². The molecule has 0 saturated carbocycles. The van der Waals surface area contributed by atoms with Crippen LogP contribution in [0.15, 0.2) is 120 Å². The van der Waals surface area contributed by atoms with Gasteiger partial charge in [0.1, 0.15) is 11.2 Å². The Balaban J connectivity index is 1.13. The third-order valence-electron chi connectivity index (χ3n) is 7.78. The summed E-state index contributed by atoms with van der Waals surface area (Å²) in [7, 11) is 0. The first-order valence-electron chi connectivity index (χ1n) is 13.2. The largest absolute Gasteiger partial charge is 0.455 e. The van der Waals surface area contributed by atoms with E-state index in [4.69, 9.17) is 4.42 Å². The lowest BCUT2D eigenvalue weighted by molar-refractivity contribution is 0.670. The third kappa shape index (κ3) is 3.38. The maximum absolute atomic E-state index is 6.26. The molecule has 1 aliphatic rings. The molecule has 0 amide bonds. The molecular formula is C36H24OS. The van der Waals surface area contributed by atoms with Crippen LogP contribution in [0.2, 0.25) is 0 Å². The van der Waals surface area contributed by atoms with Gasteiger partial charge in [-0.25, -0.2) is 0 Å². The predicted octanol–water partition coefficient (Wildman–Crippen LogP) is 10.8. The van der Waals surface area contributed by atoms with Crippen molar-refractivity contribution in [2.75, 3.05) is 0 Å². The van der Waals surface area contributed by atoms with Crippen molar-refractivity contribution in [3.8, 4) is 33.4 Å². The Kier molecular flexibility index (Phi) is 4.89. The zero-order valence-corrected chi connectivity index (χ0v) is 21.6. The highest BCUT2D eigenvalue weighted by atomic mass is 32.1. The number of benzene rings is 5. The van der Waals surface area contributed by atoms with Gasteiger partial charge in [-0.1, -0.05) is 115 Å². The summed E-state index contributed by atoms with van der Waals surface area (Å²) in [6.45, 7) is 0. The molecule has 180 valence electrons. The SMILES string of the molecule is C1=Cc2c(sc3c(-c4ccc(-c5ccc(-c6cccc7c6oc6ccccc67)cc5)cc4)cccc23)CC1. The van der Waals surface area contributed by atoms with Crippen molar-refractivity contribution >= 4 is 49.4 Å². The maximum Gasteiger partial charge on any atom is 0.143 e. The average Bonchev–Trinajstić information content (AvgIpc) is 3.56. The number of fused-ring (bicyclic) bond motifs is 6. The standard InChI is InChI=1S/C36H24OS/c1-3-13-33-29(7-1)31-11-5-9-27(35(31)37-33)25-19-15-23(16-20-25)24-17-21-26(22-18-24)28-10-6-12-32-30-8-2-4-14-34(30)38-36(28)32/h1-3,5-13,15-22H,4,14H2. The molecule has 0 radical (unpaired) electrons. The summed E-state index contributed by atoms with van der Waals surface area (Å²) in [6.07, 6.45) is 6.92. The van der Waals surface area contributed by atoms with Gasteiger partial charge < -0.3 is 4.42 Å². The zero-order chi connectivity index (χ0) is 25.1. The van der Waals surface area contributed by atoms with Crippen molar-refractivity contribution in [2.45, 2.75) is 12.8 Å². The Morgan fingerprint density at radius 2 is 1.18 bits per heavy atom. The molecule has 8 rings (SSSR count). The molecule has 0 saturated heterocycles. The Labute approximate surface area is 225 Å². The lowest BCUT2D eigenvalue weighted by atomic mass is 9.96. The summed E-state index contributed by atoms with van der Waals surface area (Å²) >= 11 is 1.96. The first kappa shape index (κ1) is 21.7. The van der Waals surface area contributed by atoms with Crippen LogP contribution >= 0.6 is 11.3 Å². The molecule has 1 aliphatic carbocycles. The maximum atomic E-state index is 6.26. The number of rotatable bonds is 3. The molecule has 1 nitrogen and oxygen atoms in total. The van der Waals surface area contributed by atoms with Gasteiger partial charge in [0.2, 0.25) is 0 Å². The highest BCUT2D eigenvalue weighted by Gasteiger charge is 2.16. The van der Waals surface area contributed by atoms with Gasteiger partial charge in [0, 0.05) is 31.3 Å². The number of allylic oxidation sites excluding steroid dienone is 1. The lowest BCUT2D eigenvalue weighted by Gasteiger charge is -2.08. The quantitative estimate of drug-likeness (QED) is 0.233. The van der Waals surface area contributed by atoms with Crippen LogP contribution < -0.4 is 0 Å². The fourth-order valence-electron chi connectivity index (χ4n) is 5.86. The normalized spacial score (nSPS) is 12.9. The molecule has 0 N–H and O–H groups in total. The van der Waals surface area contributed by atoms with Crippen LogP contribution in [-0.2, 0) is 6.42 Å². The zero-order valence-electron chi connectivity index (χ0n) is 20.8. The molecule has 0 atom stereocenters. The molecular weight excluding hydrogens is 480 g/mol. The van der Waals surface area contributed by atoms with Crippen molar-refractivity contribution in [2.24, 2.45) is 0 Å². The number of thiophene rings is 1. The van der Waals surface area contributed by atoms with Crippen molar-refractivity contribution in [1.29, 1.82) is 0 Å². The molecule has 2 aromatic heterocycles. The molecule has 7 aromatic rings. The van der Waals surface area contributed by atoms with E-state index in [1.807, 2.05) is 23.5 Å². The van der Waals surface area contributed by atoms with Gasteiger partial charge in [0.25, 0.3) is 0 Å². The van der Waals surface area contributed by atoms with Crippen LogP contribution in [0.1, 0.15) is 16.9 Å². The summed E-state index contributed by atoms with van der Waals surface area (Å²) in [5.74, 6) is 0. The average molecular weight is 505 g/mol. The second-order valence-corrected chi connectivity index (χ2v) is 11.1. The van der Waals surface area contributed by atoms with Gasteiger partial charge in [-0.2, -0.15) is 0 Å². The minimum atomic E-state index is 0.932. The molecule has 0 bridgehead atoms. The van der Waals surface area contributed by atoms with E-state index in [1.165, 1.54) is 42.8 Å². The van der Waals surface area contributed by atoms with Crippen molar-refractivity contribution in [3.63, 3.8) is 0 Å². The summed E-state index contributed by atoms with van der Waals surface area (Å²) < 4.78 is 7.67. The molecule has 0 aliphatic heterocycles. The second-order valence-electron chi connectivity index (χ2n) is 10.00. The summed E-state index contributed by atoms with van der Waals surface area (Å²) in [5.41, 5.74) is 10.6. The van der Waals surface area contributed by atoms with Crippen molar-refractivity contribution in [3.05, 3.63) is 126 Å². The Morgan fingerprint density at radius 1 is 0.553 bits per heavy atom. The predicted molar refractivity (Wildman–Crippen MR) is 163 cm³/mol. The van der Waals surface area contributed by atoms with Crippen LogP contribution in [0.5, 0.6) is 0 Å². The van der Waals surface area contributed by atoms with Crippen LogP contribution in [0, 0.1) is 0 Å². The van der Waals surface area contributed by atoms with E-state index in [-0.39, 0.29) is 0 Å². The van der Waals surface area contributed by atoms with E-state index >= 15 is 0 Å². The fraction of sp³-hybridized carbons (Fsp3) is 0.0556. The summed E-state index contributed by atoms with van der Waals surface area (Å²) in [6, 6.07) is 39.2. The Bertz CT molecular complexity index is 2000. The van der Waals surface area contributed by atoms with Crippen LogP contribution in [0.3, 0.4) is 0 Å². The molecule has 0 fully saturated rings. The van der Waals surface area contributed by atoms with Crippen molar-refractivity contribution < 1.29 is 4.42 Å². The number of para-hydroxylation sites is 2. The van der Waals surface area contributed by atoms with Crippen LogP contribution in [-0.4, -0.2) is 0 Å². The molecule has 2 heteroatoms. The molecule has 5 aromatic carbocycles. The summed E-state index contributed by atoms with van der Waals surface area (Å²) in [4.78, 5) is 1.52. The van der Waals surface area contributed by atoms with E-state index in [1.54, 1.807) is 0 Å². The van der Waals surface area contributed by atoms with Gasteiger partial charge in [0.05, 0.1) is 0 Å². The van der Waals surface area contributed by atoms with Crippen LogP contribution in [0.25, 0.3) is 71.5 Å². The summed E-state index contributed by atoms with van der Waals surface area (Å²) in [5, 5.41) is 3.71. The number of hydrogen-bond acceptors (Lipinski definition) is 2. The van der Waals surface area contributed by atoms with Gasteiger partial charge in [-0.3, -0.25) is 0 Å². The molecule has 2 heterocycles. The highest BCUT2D eigenvalue weighted by molar-refractivity contribution is 7.20. The molecule has 0 spiro atoms.